The highest BCUT2D eigenvalue weighted by Crippen LogP contribution is 2.25. The third kappa shape index (κ3) is 4.92. The van der Waals surface area contributed by atoms with Gasteiger partial charge in [0.25, 0.3) is 17.5 Å². The number of nitro benzene ring substituents is 1. The number of hydrogen-bond donors (Lipinski definition) is 2. The maximum Gasteiger partial charge on any atom is 0.283 e. The van der Waals surface area contributed by atoms with Crippen molar-refractivity contribution in [2.45, 2.75) is 0 Å². The van der Waals surface area contributed by atoms with E-state index < -0.39 is 16.5 Å². The zero-order valence-electron chi connectivity index (χ0n) is 13.1. The predicted octanol–water partition coefficient (Wildman–Crippen LogP) is 2.63. The number of nitrogens with one attached hydrogen (secondary N) is 2. The Hall–Kier alpha value is -3.13. The van der Waals surface area contributed by atoms with Gasteiger partial charge in [0.15, 0.2) is 6.61 Å². The number of nitro groups is 1. The van der Waals surface area contributed by atoms with Crippen LogP contribution in [0.25, 0.3) is 0 Å². The first-order chi connectivity index (χ1) is 11.9. The second-order valence-electron chi connectivity index (χ2n) is 4.86. The smallest absolute Gasteiger partial charge is 0.283 e. The number of halogens is 1. The number of hydrogen-bond acceptors (Lipinski definition) is 5. The van der Waals surface area contributed by atoms with E-state index in [2.05, 4.69) is 10.6 Å². The zero-order chi connectivity index (χ0) is 18.4. The standard InChI is InChI=1S/C16H14ClN3O5/c1-18-15(21)9-25-12-4-2-3-11(8-12)19-16(22)13-6-5-10(17)7-14(13)20(23)24/h2-8H,9H2,1H3,(H,18,21)(H,19,22). The molecule has 0 aliphatic heterocycles. The summed E-state index contributed by atoms with van der Waals surface area (Å²) in [5.74, 6) is -0.593. The molecule has 0 atom stereocenters. The summed E-state index contributed by atoms with van der Waals surface area (Å²) in [5, 5.41) is 16.2. The second kappa shape index (κ2) is 8.11. The van der Waals surface area contributed by atoms with E-state index in [1.165, 1.54) is 25.2 Å². The molecule has 0 aliphatic carbocycles. The topological polar surface area (TPSA) is 111 Å². The van der Waals surface area contributed by atoms with E-state index in [1.54, 1.807) is 18.2 Å². The van der Waals surface area contributed by atoms with Crippen molar-refractivity contribution in [1.82, 2.24) is 5.32 Å². The van der Waals surface area contributed by atoms with Gasteiger partial charge < -0.3 is 15.4 Å². The number of benzene rings is 2. The summed E-state index contributed by atoms with van der Waals surface area (Å²) in [4.78, 5) is 33.9. The minimum Gasteiger partial charge on any atom is -0.484 e. The maximum absolute atomic E-state index is 12.3. The molecular formula is C16H14ClN3O5. The van der Waals surface area contributed by atoms with Crippen molar-refractivity contribution in [2.24, 2.45) is 0 Å². The minimum absolute atomic E-state index is 0.119. The van der Waals surface area contributed by atoms with Crippen LogP contribution in [0.15, 0.2) is 42.5 Å². The molecule has 0 heterocycles. The van der Waals surface area contributed by atoms with Crippen LogP contribution in [0.4, 0.5) is 11.4 Å². The van der Waals surface area contributed by atoms with Gasteiger partial charge in [-0.05, 0) is 24.3 Å². The molecule has 0 aliphatic rings. The molecule has 8 nitrogen and oxygen atoms in total. The van der Waals surface area contributed by atoms with Gasteiger partial charge in [-0.15, -0.1) is 0 Å². The third-order valence-corrected chi connectivity index (χ3v) is 3.38. The molecule has 0 unspecified atom stereocenters. The number of nitrogens with zero attached hydrogens (tertiary/aromatic N) is 1. The fourth-order valence-electron chi connectivity index (χ4n) is 1.93. The molecule has 2 aromatic carbocycles. The van der Waals surface area contributed by atoms with Crippen LogP contribution in [0.2, 0.25) is 5.02 Å². The molecule has 130 valence electrons. The van der Waals surface area contributed by atoms with Gasteiger partial charge in [-0.1, -0.05) is 17.7 Å². The van der Waals surface area contributed by atoms with E-state index in [4.69, 9.17) is 16.3 Å². The summed E-state index contributed by atoms with van der Waals surface area (Å²) in [6.07, 6.45) is 0. The number of likely N-dealkylation sites (N-methyl/N-ethyl adjacent to an activating group) is 1. The van der Waals surface area contributed by atoms with Crippen LogP contribution in [-0.4, -0.2) is 30.4 Å². The Labute approximate surface area is 147 Å². The van der Waals surface area contributed by atoms with Crippen molar-refractivity contribution in [3.05, 3.63) is 63.2 Å². The molecule has 0 radical (unpaired) electrons. The van der Waals surface area contributed by atoms with Gasteiger partial charge in [-0.2, -0.15) is 0 Å². The average molecular weight is 364 g/mol. The summed E-state index contributed by atoms with van der Waals surface area (Å²) in [6.45, 7) is -0.170. The molecule has 25 heavy (non-hydrogen) atoms. The number of anilines is 1. The van der Waals surface area contributed by atoms with Crippen LogP contribution in [0.1, 0.15) is 10.4 Å². The number of amides is 2. The average Bonchev–Trinajstić information content (AvgIpc) is 2.59. The van der Waals surface area contributed by atoms with Crippen molar-refractivity contribution in [1.29, 1.82) is 0 Å². The lowest BCUT2D eigenvalue weighted by atomic mass is 10.1. The normalized spacial score (nSPS) is 10.0. The van der Waals surface area contributed by atoms with E-state index in [0.29, 0.717) is 11.4 Å². The Morgan fingerprint density at radius 2 is 2.00 bits per heavy atom. The van der Waals surface area contributed by atoms with Crippen LogP contribution in [0.3, 0.4) is 0 Å². The number of carbonyl (C=O) groups excluding carboxylic acids is 2. The van der Waals surface area contributed by atoms with Gasteiger partial charge in [-0.25, -0.2) is 0 Å². The second-order valence-corrected chi connectivity index (χ2v) is 5.30. The Kier molecular flexibility index (Phi) is 5.91. The van der Waals surface area contributed by atoms with Crippen molar-refractivity contribution >= 4 is 34.8 Å². The molecule has 0 spiro atoms. The van der Waals surface area contributed by atoms with Crippen LogP contribution >= 0.6 is 11.6 Å². The quantitative estimate of drug-likeness (QED) is 0.605. The molecule has 0 bridgehead atoms. The van der Waals surface area contributed by atoms with Crippen molar-refractivity contribution < 1.29 is 19.2 Å². The lowest BCUT2D eigenvalue weighted by Gasteiger charge is -2.09. The Balaban J connectivity index is 2.16. The van der Waals surface area contributed by atoms with Crippen LogP contribution in [0.5, 0.6) is 5.75 Å². The molecule has 2 aromatic rings. The molecule has 0 fully saturated rings. The monoisotopic (exact) mass is 363 g/mol. The number of carbonyl (C=O) groups is 2. The molecule has 0 saturated heterocycles. The number of rotatable bonds is 6. The first-order valence-electron chi connectivity index (χ1n) is 7.09. The molecule has 0 saturated carbocycles. The summed E-state index contributed by atoms with van der Waals surface area (Å²) in [7, 11) is 1.49. The Morgan fingerprint density at radius 3 is 2.68 bits per heavy atom. The van der Waals surface area contributed by atoms with Crippen LogP contribution in [0, 0.1) is 10.1 Å². The summed E-state index contributed by atoms with van der Waals surface area (Å²) < 4.78 is 5.28. The molecule has 9 heteroatoms. The third-order valence-electron chi connectivity index (χ3n) is 3.14. The molecule has 0 aromatic heterocycles. The van der Waals surface area contributed by atoms with Crippen molar-refractivity contribution in [3.8, 4) is 5.75 Å². The largest absolute Gasteiger partial charge is 0.484 e. The molecular weight excluding hydrogens is 350 g/mol. The first-order valence-corrected chi connectivity index (χ1v) is 7.47. The van der Waals surface area contributed by atoms with Gasteiger partial charge in [0.05, 0.1) is 4.92 Å². The van der Waals surface area contributed by atoms with E-state index >= 15 is 0 Å². The molecule has 2 rings (SSSR count). The Morgan fingerprint density at radius 1 is 1.24 bits per heavy atom. The summed E-state index contributed by atoms with van der Waals surface area (Å²) >= 11 is 5.73. The van der Waals surface area contributed by atoms with Crippen molar-refractivity contribution in [3.63, 3.8) is 0 Å². The molecule has 2 amide bonds. The van der Waals surface area contributed by atoms with E-state index in [1.807, 2.05) is 0 Å². The van der Waals surface area contributed by atoms with Gasteiger partial charge in [0.2, 0.25) is 0 Å². The van der Waals surface area contributed by atoms with Crippen molar-refractivity contribution in [2.75, 3.05) is 19.0 Å². The predicted molar refractivity (Wildman–Crippen MR) is 92.1 cm³/mol. The van der Waals surface area contributed by atoms with E-state index in [9.17, 15) is 19.7 Å². The molecule has 2 N–H and O–H groups in total. The first kappa shape index (κ1) is 18.2. The maximum atomic E-state index is 12.3. The number of ether oxygens (including phenoxy) is 1. The van der Waals surface area contributed by atoms with Crippen LogP contribution in [-0.2, 0) is 4.79 Å². The fourth-order valence-corrected chi connectivity index (χ4v) is 2.10. The highest BCUT2D eigenvalue weighted by Gasteiger charge is 2.20. The summed E-state index contributed by atoms with van der Waals surface area (Å²) in [5.41, 5.74) is -0.147. The van der Waals surface area contributed by atoms with Gasteiger partial charge in [-0.3, -0.25) is 19.7 Å². The highest BCUT2D eigenvalue weighted by atomic mass is 35.5. The van der Waals surface area contributed by atoms with Gasteiger partial charge >= 0.3 is 0 Å². The zero-order valence-corrected chi connectivity index (χ0v) is 13.9. The van der Waals surface area contributed by atoms with E-state index in [0.717, 1.165) is 6.07 Å². The minimum atomic E-state index is -0.677. The Bertz CT molecular complexity index is 825. The SMILES string of the molecule is CNC(=O)COc1cccc(NC(=O)c2ccc(Cl)cc2[N+](=O)[O-])c1. The van der Waals surface area contributed by atoms with E-state index in [-0.39, 0.29) is 23.1 Å². The lowest BCUT2D eigenvalue weighted by Crippen LogP contribution is -2.24. The fraction of sp³-hybridized carbons (Fsp3) is 0.125. The lowest BCUT2D eigenvalue weighted by molar-refractivity contribution is -0.385. The van der Waals surface area contributed by atoms with Gasteiger partial charge in [0.1, 0.15) is 11.3 Å². The van der Waals surface area contributed by atoms with Gasteiger partial charge in [0, 0.05) is 29.9 Å². The van der Waals surface area contributed by atoms with Crippen LogP contribution < -0.4 is 15.4 Å². The summed E-state index contributed by atoms with van der Waals surface area (Å²) in [6, 6.07) is 10.1. The highest BCUT2D eigenvalue weighted by molar-refractivity contribution is 6.31.